The molecule has 0 aromatic heterocycles. The van der Waals surface area contributed by atoms with Crippen molar-refractivity contribution in [2.45, 2.75) is 64.8 Å². The number of nitrogens with one attached hydrogen (secondary N) is 2. The molecule has 0 aromatic rings. The first-order valence-electron chi connectivity index (χ1n) is 11.0. The van der Waals surface area contributed by atoms with Crippen LogP contribution in [0.5, 0.6) is 0 Å². The standard InChI is InChI=1S/C23H38N2/c1-16-15-25-23-7-5-3-4-6-21(23)22-14-19(8-9-20(16)22)17(2)18-10-12-24-13-11-18/h3-4,8,16-18,20-25H,5-7,9-15H2,1-2H3. The molecule has 2 aliphatic carbocycles. The van der Waals surface area contributed by atoms with Crippen LogP contribution in [0.25, 0.3) is 0 Å². The molecule has 0 bridgehead atoms. The Morgan fingerprint density at radius 3 is 2.68 bits per heavy atom. The number of fused-ring (bicyclic) bond motifs is 3. The summed E-state index contributed by atoms with van der Waals surface area (Å²) < 4.78 is 0. The molecule has 4 aliphatic rings. The molecule has 0 radical (unpaired) electrons. The molecule has 0 saturated carbocycles. The topological polar surface area (TPSA) is 24.1 Å². The third kappa shape index (κ3) is 3.76. The fraction of sp³-hybridized carbons (Fsp3) is 0.826. The number of hydrogen-bond donors (Lipinski definition) is 2. The Kier molecular flexibility index (Phi) is 5.67. The van der Waals surface area contributed by atoms with Gasteiger partial charge in [-0.05, 0) is 100 Å². The van der Waals surface area contributed by atoms with Crippen LogP contribution in [-0.4, -0.2) is 25.7 Å². The summed E-state index contributed by atoms with van der Waals surface area (Å²) in [7, 11) is 0. The second kappa shape index (κ2) is 7.96. The van der Waals surface area contributed by atoms with Crippen molar-refractivity contribution in [3.05, 3.63) is 23.8 Å². The van der Waals surface area contributed by atoms with Crippen LogP contribution in [0.1, 0.15) is 58.8 Å². The number of allylic oxidation sites excluding steroid dienone is 4. The van der Waals surface area contributed by atoms with Gasteiger partial charge in [0, 0.05) is 6.04 Å². The summed E-state index contributed by atoms with van der Waals surface area (Å²) in [5.41, 5.74) is 1.81. The molecule has 2 heterocycles. The molecule has 4 rings (SSSR count). The van der Waals surface area contributed by atoms with Gasteiger partial charge in [0.25, 0.3) is 0 Å². The molecule has 2 N–H and O–H groups in total. The van der Waals surface area contributed by atoms with Gasteiger partial charge in [-0.2, -0.15) is 0 Å². The molecule has 2 saturated heterocycles. The molecular formula is C23H38N2. The lowest BCUT2D eigenvalue weighted by molar-refractivity contribution is 0.157. The fourth-order valence-corrected chi connectivity index (χ4v) is 6.35. The predicted octanol–water partition coefficient (Wildman–Crippen LogP) is 4.54. The Hall–Kier alpha value is -0.600. The highest BCUT2D eigenvalue weighted by Crippen LogP contribution is 2.47. The molecule has 6 unspecified atom stereocenters. The minimum Gasteiger partial charge on any atom is -0.317 e. The number of rotatable bonds is 2. The Morgan fingerprint density at radius 2 is 1.84 bits per heavy atom. The molecular weight excluding hydrogens is 304 g/mol. The Bertz CT molecular complexity index is 502. The Labute approximate surface area is 154 Å². The first-order chi connectivity index (χ1) is 12.2. The van der Waals surface area contributed by atoms with Crippen molar-refractivity contribution < 1.29 is 0 Å². The van der Waals surface area contributed by atoms with Crippen molar-refractivity contribution in [3.8, 4) is 0 Å². The normalized spacial score (nSPS) is 41.0. The molecule has 2 aliphatic heterocycles. The van der Waals surface area contributed by atoms with E-state index in [2.05, 4.69) is 42.7 Å². The van der Waals surface area contributed by atoms with Crippen molar-refractivity contribution >= 4 is 0 Å². The van der Waals surface area contributed by atoms with Crippen LogP contribution >= 0.6 is 0 Å². The van der Waals surface area contributed by atoms with Crippen molar-refractivity contribution in [1.82, 2.24) is 10.6 Å². The van der Waals surface area contributed by atoms with Gasteiger partial charge in [-0.1, -0.05) is 37.6 Å². The van der Waals surface area contributed by atoms with E-state index in [0.717, 1.165) is 41.5 Å². The summed E-state index contributed by atoms with van der Waals surface area (Å²) in [5.74, 6) is 5.20. The lowest BCUT2D eigenvalue weighted by atomic mass is 9.64. The van der Waals surface area contributed by atoms with E-state index in [9.17, 15) is 0 Å². The van der Waals surface area contributed by atoms with Gasteiger partial charge in [-0.3, -0.25) is 0 Å². The third-order valence-corrected chi connectivity index (χ3v) is 8.07. The molecule has 0 amide bonds. The molecule has 25 heavy (non-hydrogen) atoms. The summed E-state index contributed by atoms with van der Waals surface area (Å²) in [5, 5.41) is 7.51. The minimum atomic E-state index is 0.751. The van der Waals surface area contributed by atoms with Crippen LogP contribution in [-0.2, 0) is 0 Å². The van der Waals surface area contributed by atoms with Gasteiger partial charge in [-0.15, -0.1) is 0 Å². The predicted molar refractivity (Wildman–Crippen MR) is 106 cm³/mol. The number of piperidine rings is 1. The van der Waals surface area contributed by atoms with E-state index in [1.807, 2.05) is 5.57 Å². The van der Waals surface area contributed by atoms with E-state index in [1.165, 1.54) is 64.6 Å². The fourth-order valence-electron chi connectivity index (χ4n) is 6.35. The van der Waals surface area contributed by atoms with E-state index in [4.69, 9.17) is 0 Å². The van der Waals surface area contributed by atoms with Gasteiger partial charge in [0.15, 0.2) is 0 Å². The second-order valence-electron chi connectivity index (χ2n) is 9.36. The average Bonchev–Trinajstić information content (AvgIpc) is 2.97. The largest absolute Gasteiger partial charge is 0.317 e. The van der Waals surface area contributed by atoms with Gasteiger partial charge in [0.2, 0.25) is 0 Å². The Balaban J connectivity index is 1.53. The van der Waals surface area contributed by atoms with Crippen LogP contribution in [0.15, 0.2) is 23.8 Å². The lowest BCUT2D eigenvalue weighted by Crippen LogP contribution is -2.39. The maximum atomic E-state index is 3.97. The van der Waals surface area contributed by atoms with Gasteiger partial charge in [0.05, 0.1) is 0 Å². The van der Waals surface area contributed by atoms with Crippen LogP contribution in [0.4, 0.5) is 0 Å². The van der Waals surface area contributed by atoms with Crippen LogP contribution in [0.2, 0.25) is 0 Å². The molecule has 6 atom stereocenters. The quantitative estimate of drug-likeness (QED) is 0.720. The van der Waals surface area contributed by atoms with E-state index >= 15 is 0 Å². The number of hydrogen-bond acceptors (Lipinski definition) is 2. The summed E-state index contributed by atoms with van der Waals surface area (Å²) in [6, 6.07) is 0.751. The van der Waals surface area contributed by atoms with E-state index in [-0.39, 0.29) is 0 Å². The zero-order chi connectivity index (χ0) is 17.2. The van der Waals surface area contributed by atoms with Gasteiger partial charge >= 0.3 is 0 Å². The van der Waals surface area contributed by atoms with E-state index in [0.29, 0.717) is 0 Å². The van der Waals surface area contributed by atoms with Crippen molar-refractivity contribution in [2.75, 3.05) is 19.6 Å². The van der Waals surface area contributed by atoms with E-state index < -0.39 is 0 Å². The molecule has 2 fully saturated rings. The molecule has 140 valence electrons. The van der Waals surface area contributed by atoms with Crippen molar-refractivity contribution in [1.29, 1.82) is 0 Å². The smallest absolute Gasteiger partial charge is 0.0104 e. The molecule has 0 aromatic carbocycles. The molecule has 0 spiro atoms. The van der Waals surface area contributed by atoms with E-state index in [1.54, 1.807) is 0 Å². The lowest BCUT2D eigenvalue weighted by Gasteiger charge is -2.41. The summed E-state index contributed by atoms with van der Waals surface area (Å²) in [6.07, 6.45) is 17.0. The molecule has 2 heteroatoms. The maximum absolute atomic E-state index is 3.97. The maximum Gasteiger partial charge on any atom is 0.0104 e. The second-order valence-corrected chi connectivity index (χ2v) is 9.36. The third-order valence-electron chi connectivity index (χ3n) is 8.07. The highest BCUT2D eigenvalue weighted by molar-refractivity contribution is 5.16. The highest BCUT2D eigenvalue weighted by atomic mass is 14.9. The zero-order valence-corrected chi connectivity index (χ0v) is 16.3. The Morgan fingerprint density at radius 1 is 1.00 bits per heavy atom. The summed E-state index contributed by atoms with van der Waals surface area (Å²) in [6.45, 7) is 8.72. The van der Waals surface area contributed by atoms with Gasteiger partial charge in [0.1, 0.15) is 0 Å². The van der Waals surface area contributed by atoms with Crippen molar-refractivity contribution in [2.24, 2.45) is 35.5 Å². The average molecular weight is 343 g/mol. The first kappa shape index (κ1) is 17.8. The summed E-state index contributed by atoms with van der Waals surface area (Å²) in [4.78, 5) is 0. The molecule has 2 nitrogen and oxygen atoms in total. The SMILES string of the molecule is CC1CNC2CCC=CCC2C2CC(C(C)C3CCNCC3)=CCC12. The summed E-state index contributed by atoms with van der Waals surface area (Å²) >= 11 is 0. The zero-order valence-electron chi connectivity index (χ0n) is 16.3. The van der Waals surface area contributed by atoms with Crippen LogP contribution in [0.3, 0.4) is 0 Å². The van der Waals surface area contributed by atoms with Crippen LogP contribution < -0.4 is 10.6 Å². The monoisotopic (exact) mass is 342 g/mol. The highest BCUT2D eigenvalue weighted by Gasteiger charge is 2.42. The van der Waals surface area contributed by atoms with Gasteiger partial charge < -0.3 is 10.6 Å². The first-order valence-corrected chi connectivity index (χ1v) is 11.0. The van der Waals surface area contributed by atoms with Crippen molar-refractivity contribution in [3.63, 3.8) is 0 Å². The van der Waals surface area contributed by atoms with Gasteiger partial charge in [-0.25, -0.2) is 0 Å². The van der Waals surface area contributed by atoms with Crippen LogP contribution in [0, 0.1) is 35.5 Å². The minimum absolute atomic E-state index is 0.751.